The van der Waals surface area contributed by atoms with Crippen molar-refractivity contribution in [1.29, 1.82) is 0 Å². The van der Waals surface area contributed by atoms with E-state index in [9.17, 15) is 0 Å². The van der Waals surface area contributed by atoms with E-state index in [1.54, 1.807) is 0 Å². The number of hydrogen-bond acceptors (Lipinski definition) is 3. The van der Waals surface area contributed by atoms with Gasteiger partial charge >= 0.3 is 0 Å². The molecule has 4 rings (SSSR count). The first-order valence-corrected chi connectivity index (χ1v) is 8.39. The van der Waals surface area contributed by atoms with Crippen LogP contribution in [0.15, 0.2) is 48.7 Å². The van der Waals surface area contributed by atoms with Crippen molar-refractivity contribution < 1.29 is 4.74 Å². The summed E-state index contributed by atoms with van der Waals surface area (Å²) in [6.45, 7) is 8.15. The minimum Gasteiger partial charge on any atom is -0.477 e. The van der Waals surface area contributed by atoms with Gasteiger partial charge < -0.3 is 4.74 Å². The lowest BCUT2D eigenvalue weighted by atomic mass is 9.83. The topological polar surface area (TPSA) is 34.1 Å². The van der Waals surface area contributed by atoms with Gasteiger partial charge in [-0.15, -0.1) is 0 Å². The molecule has 122 valence electrons. The lowest BCUT2D eigenvalue weighted by Gasteiger charge is -2.27. The molecule has 1 aliphatic heterocycles. The van der Waals surface area contributed by atoms with Crippen molar-refractivity contribution in [3.05, 3.63) is 59.8 Å². The van der Waals surface area contributed by atoms with Crippen LogP contribution in [0.5, 0.6) is 5.75 Å². The SMILES string of the molecule is CC(C)(C)c1cc2c(c(-c3cccc4ncccc34)c1)OCNC2. The Balaban J connectivity index is 2.03. The van der Waals surface area contributed by atoms with Gasteiger partial charge in [-0.25, -0.2) is 0 Å². The van der Waals surface area contributed by atoms with Gasteiger partial charge in [0.25, 0.3) is 0 Å². The van der Waals surface area contributed by atoms with E-state index in [0.29, 0.717) is 6.73 Å². The van der Waals surface area contributed by atoms with Crippen LogP contribution in [0.1, 0.15) is 31.9 Å². The van der Waals surface area contributed by atoms with Crippen molar-refractivity contribution in [3.8, 4) is 16.9 Å². The molecule has 3 aromatic rings. The monoisotopic (exact) mass is 318 g/mol. The molecule has 3 heteroatoms. The van der Waals surface area contributed by atoms with Gasteiger partial charge in [-0.1, -0.05) is 45.0 Å². The summed E-state index contributed by atoms with van der Waals surface area (Å²) < 4.78 is 5.99. The molecule has 1 aliphatic rings. The molecule has 2 heterocycles. The maximum atomic E-state index is 5.99. The molecule has 1 N–H and O–H groups in total. The van der Waals surface area contributed by atoms with Crippen LogP contribution in [0.4, 0.5) is 0 Å². The number of ether oxygens (including phenoxy) is 1. The fourth-order valence-electron chi connectivity index (χ4n) is 3.27. The van der Waals surface area contributed by atoms with Crippen LogP contribution in [-0.4, -0.2) is 11.7 Å². The smallest absolute Gasteiger partial charge is 0.139 e. The summed E-state index contributed by atoms with van der Waals surface area (Å²) in [5.41, 5.74) is 6.00. The Bertz CT molecular complexity index is 904. The number of rotatable bonds is 1. The van der Waals surface area contributed by atoms with Crippen LogP contribution in [0.25, 0.3) is 22.0 Å². The number of aromatic nitrogens is 1. The summed E-state index contributed by atoms with van der Waals surface area (Å²) in [6.07, 6.45) is 1.84. The van der Waals surface area contributed by atoms with Gasteiger partial charge in [0, 0.05) is 29.3 Å². The second-order valence-electron chi connectivity index (χ2n) is 7.35. The fourth-order valence-corrected chi connectivity index (χ4v) is 3.27. The largest absolute Gasteiger partial charge is 0.477 e. The molecule has 0 unspecified atom stereocenters. The molecule has 2 aromatic carbocycles. The van der Waals surface area contributed by atoms with E-state index >= 15 is 0 Å². The first kappa shape index (κ1) is 15.2. The first-order chi connectivity index (χ1) is 11.5. The molecule has 1 aromatic heterocycles. The molecule has 3 nitrogen and oxygen atoms in total. The fraction of sp³-hybridized carbons (Fsp3) is 0.286. The van der Waals surface area contributed by atoms with Crippen molar-refractivity contribution in [2.24, 2.45) is 0 Å². The zero-order valence-corrected chi connectivity index (χ0v) is 14.4. The summed E-state index contributed by atoms with van der Waals surface area (Å²) in [7, 11) is 0. The van der Waals surface area contributed by atoms with Crippen molar-refractivity contribution >= 4 is 10.9 Å². The minimum absolute atomic E-state index is 0.0874. The van der Waals surface area contributed by atoms with Crippen molar-refractivity contribution in [3.63, 3.8) is 0 Å². The Hall–Kier alpha value is -2.39. The average Bonchev–Trinajstić information content (AvgIpc) is 2.59. The van der Waals surface area contributed by atoms with E-state index in [-0.39, 0.29) is 5.41 Å². The molecule has 0 amide bonds. The zero-order chi connectivity index (χ0) is 16.7. The van der Waals surface area contributed by atoms with E-state index in [2.05, 4.69) is 67.5 Å². The number of nitrogens with one attached hydrogen (secondary N) is 1. The summed E-state index contributed by atoms with van der Waals surface area (Å²) in [5.74, 6) is 0.998. The second-order valence-corrected chi connectivity index (χ2v) is 7.35. The maximum Gasteiger partial charge on any atom is 0.139 e. The third-order valence-corrected chi connectivity index (χ3v) is 4.60. The quantitative estimate of drug-likeness (QED) is 0.710. The number of fused-ring (bicyclic) bond motifs is 2. The molecule has 0 radical (unpaired) electrons. The number of hydrogen-bond donors (Lipinski definition) is 1. The van der Waals surface area contributed by atoms with Crippen LogP contribution in [0, 0.1) is 0 Å². The van der Waals surface area contributed by atoms with Gasteiger partial charge in [-0.2, -0.15) is 0 Å². The van der Waals surface area contributed by atoms with Crippen LogP contribution in [0.2, 0.25) is 0 Å². The second kappa shape index (κ2) is 5.60. The molecule has 0 saturated carbocycles. The molecular weight excluding hydrogens is 296 g/mol. The van der Waals surface area contributed by atoms with Gasteiger partial charge in [0.15, 0.2) is 0 Å². The summed E-state index contributed by atoms with van der Waals surface area (Å²) >= 11 is 0. The van der Waals surface area contributed by atoms with Crippen LogP contribution in [-0.2, 0) is 12.0 Å². The summed E-state index contributed by atoms with van der Waals surface area (Å²) in [6, 6.07) is 15.0. The van der Waals surface area contributed by atoms with Crippen LogP contribution in [0.3, 0.4) is 0 Å². The van der Waals surface area contributed by atoms with Crippen molar-refractivity contribution in [2.45, 2.75) is 32.7 Å². The molecule has 0 spiro atoms. The highest BCUT2D eigenvalue weighted by Gasteiger charge is 2.23. The normalized spacial score (nSPS) is 14.3. The predicted molar refractivity (Wildman–Crippen MR) is 98.2 cm³/mol. The van der Waals surface area contributed by atoms with E-state index in [4.69, 9.17) is 4.74 Å². The molecular formula is C21H22N2O. The van der Waals surface area contributed by atoms with Crippen LogP contribution < -0.4 is 10.1 Å². The summed E-state index contributed by atoms with van der Waals surface area (Å²) in [4.78, 5) is 4.50. The van der Waals surface area contributed by atoms with Crippen molar-refractivity contribution in [2.75, 3.05) is 6.73 Å². The van der Waals surface area contributed by atoms with Crippen molar-refractivity contribution in [1.82, 2.24) is 10.3 Å². The summed E-state index contributed by atoms with van der Waals surface area (Å²) in [5, 5.41) is 4.46. The van der Waals surface area contributed by atoms with E-state index in [1.807, 2.05) is 12.3 Å². The molecule has 0 aliphatic carbocycles. The number of pyridine rings is 1. The third kappa shape index (κ3) is 2.55. The predicted octanol–water partition coefficient (Wildman–Crippen LogP) is 4.64. The van der Waals surface area contributed by atoms with Gasteiger partial charge in [0.2, 0.25) is 0 Å². The van der Waals surface area contributed by atoms with Gasteiger partial charge in [0.05, 0.1) is 5.52 Å². The van der Waals surface area contributed by atoms with E-state index < -0.39 is 0 Å². The Morgan fingerprint density at radius 1 is 1.04 bits per heavy atom. The Labute approximate surface area is 142 Å². The lowest BCUT2D eigenvalue weighted by molar-refractivity contribution is 0.258. The minimum atomic E-state index is 0.0874. The average molecular weight is 318 g/mol. The maximum absolute atomic E-state index is 5.99. The van der Waals surface area contributed by atoms with E-state index in [1.165, 1.54) is 16.7 Å². The highest BCUT2D eigenvalue weighted by Crippen LogP contribution is 2.41. The highest BCUT2D eigenvalue weighted by molar-refractivity contribution is 5.96. The Kier molecular flexibility index (Phi) is 3.54. The van der Waals surface area contributed by atoms with Gasteiger partial charge in [-0.05, 0) is 34.7 Å². The van der Waals surface area contributed by atoms with Gasteiger partial charge in [0.1, 0.15) is 12.5 Å². The number of benzene rings is 2. The number of nitrogens with zero attached hydrogens (tertiary/aromatic N) is 1. The molecule has 0 saturated heterocycles. The highest BCUT2D eigenvalue weighted by atomic mass is 16.5. The lowest BCUT2D eigenvalue weighted by Crippen LogP contribution is -2.26. The van der Waals surface area contributed by atoms with Gasteiger partial charge in [-0.3, -0.25) is 10.3 Å². The molecule has 0 fully saturated rings. The van der Waals surface area contributed by atoms with Crippen LogP contribution >= 0.6 is 0 Å². The standard InChI is InChI=1S/C21H22N2O/c1-21(2,3)15-10-14-12-22-13-24-20(14)18(11-15)16-6-4-8-19-17(16)7-5-9-23-19/h4-11,22H,12-13H2,1-3H3. The Morgan fingerprint density at radius 2 is 1.92 bits per heavy atom. The van der Waals surface area contributed by atoms with E-state index in [0.717, 1.165) is 28.8 Å². The third-order valence-electron chi connectivity index (χ3n) is 4.60. The first-order valence-electron chi connectivity index (χ1n) is 8.39. The molecule has 24 heavy (non-hydrogen) atoms. The molecule has 0 atom stereocenters. The Morgan fingerprint density at radius 3 is 2.75 bits per heavy atom. The molecule has 0 bridgehead atoms. The zero-order valence-electron chi connectivity index (χ0n) is 14.4.